The molecule has 1 aromatic heterocycles. The fraction of sp³-hybridized carbons (Fsp3) is 0.125. The lowest BCUT2D eigenvalue weighted by atomic mass is 10.2. The Morgan fingerprint density at radius 1 is 1.00 bits per heavy atom. The molecule has 0 bridgehead atoms. The second-order valence-electron chi connectivity index (χ2n) is 4.88. The molecule has 108 valence electrons. The number of rotatable bonds is 3. The molecular formula is C16H13Cl2FN2. The standard InChI is InChI=1S/C16H13Cl2FN2/c17-12-2-1-10(15(19)5-12)8-21-9-11(7-20)14-4-3-13(18)6-16(14)21/h1-6,9H,7-8,20H2. The molecule has 0 atom stereocenters. The molecule has 0 amide bonds. The normalized spacial score (nSPS) is 11.2. The predicted octanol–water partition coefficient (Wildman–Crippen LogP) is 4.59. The van der Waals surface area contributed by atoms with Crippen molar-refractivity contribution in [2.45, 2.75) is 13.1 Å². The van der Waals surface area contributed by atoms with Crippen LogP contribution in [0.15, 0.2) is 42.6 Å². The first-order valence-electron chi connectivity index (χ1n) is 6.50. The number of hydrogen-bond donors (Lipinski definition) is 1. The van der Waals surface area contributed by atoms with Crippen LogP contribution in [-0.2, 0) is 13.1 Å². The lowest BCUT2D eigenvalue weighted by molar-refractivity contribution is 0.602. The van der Waals surface area contributed by atoms with Gasteiger partial charge in [-0.05, 0) is 29.8 Å². The van der Waals surface area contributed by atoms with E-state index in [4.69, 9.17) is 28.9 Å². The molecule has 2 N–H and O–H groups in total. The summed E-state index contributed by atoms with van der Waals surface area (Å²) < 4.78 is 15.9. The van der Waals surface area contributed by atoms with E-state index in [2.05, 4.69) is 0 Å². The minimum Gasteiger partial charge on any atom is -0.343 e. The molecule has 0 aliphatic rings. The fourth-order valence-electron chi connectivity index (χ4n) is 2.47. The average Bonchev–Trinajstić information content (AvgIpc) is 2.79. The van der Waals surface area contributed by atoms with Gasteiger partial charge in [0, 0.05) is 33.7 Å². The molecule has 2 aromatic carbocycles. The van der Waals surface area contributed by atoms with Gasteiger partial charge in [0.2, 0.25) is 0 Å². The molecule has 3 rings (SSSR count). The summed E-state index contributed by atoms with van der Waals surface area (Å²) in [6.07, 6.45) is 1.94. The summed E-state index contributed by atoms with van der Waals surface area (Å²) in [4.78, 5) is 0. The smallest absolute Gasteiger partial charge is 0.129 e. The van der Waals surface area contributed by atoms with Gasteiger partial charge in [0.05, 0.1) is 12.1 Å². The highest BCUT2D eigenvalue weighted by Crippen LogP contribution is 2.26. The van der Waals surface area contributed by atoms with Crippen LogP contribution in [0.4, 0.5) is 4.39 Å². The Labute approximate surface area is 131 Å². The van der Waals surface area contributed by atoms with Gasteiger partial charge >= 0.3 is 0 Å². The third-order valence-corrected chi connectivity index (χ3v) is 3.97. The number of benzene rings is 2. The second kappa shape index (κ2) is 5.68. The maximum absolute atomic E-state index is 14.0. The van der Waals surface area contributed by atoms with E-state index >= 15 is 0 Å². The van der Waals surface area contributed by atoms with E-state index in [0.717, 1.165) is 16.5 Å². The van der Waals surface area contributed by atoms with Gasteiger partial charge in [0.1, 0.15) is 5.82 Å². The summed E-state index contributed by atoms with van der Waals surface area (Å²) >= 11 is 11.8. The molecule has 5 heteroatoms. The maximum Gasteiger partial charge on any atom is 0.129 e. The highest BCUT2D eigenvalue weighted by Gasteiger charge is 2.10. The zero-order valence-corrected chi connectivity index (χ0v) is 12.6. The largest absolute Gasteiger partial charge is 0.343 e. The third kappa shape index (κ3) is 2.77. The molecule has 3 aromatic rings. The SMILES string of the molecule is NCc1cn(Cc2ccc(Cl)cc2F)c2cc(Cl)ccc12. The molecule has 21 heavy (non-hydrogen) atoms. The summed E-state index contributed by atoms with van der Waals surface area (Å²) in [5, 5.41) is 2.07. The highest BCUT2D eigenvalue weighted by molar-refractivity contribution is 6.31. The zero-order chi connectivity index (χ0) is 15.0. The van der Waals surface area contributed by atoms with Gasteiger partial charge in [-0.2, -0.15) is 0 Å². The molecule has 0 saturated heterocycles. The summed E-state index contributed by atoms with van der Waals surface area (Å²) in [7, 11) is 0. The first-order valence-corrected chi connectivity index (χ1v) is 7.25. The van der Waals surface area contributed by atoms with Crippen molar-refractivity contribution in [1.29, 1.82) is 0 Å². The topological polar surface area (TPSA) is 30.9 Å². The van der Waals surface area contributed by atoms with Crippen LogP contribution < -0.4 is 5.73 Å². The number of nitrogens with two attached hydrogens (primary N) is 1. The first-order chi connectivity index (χ1) is 10.1. The Bertz CT molecular complexity index is 811. The van der Waals surface area contributed by atoms with Crippen LogP contribution >= 0.6 is 23.2 Å². The Morgan fingerprint density at radius 3 is 2.43 bits per heavy atom. The van der Waals surface area contributed by atoms with Crippen molar-refractivity contribution in [3.8, 4) is 0 Å². The average molecular weight is 323 g/mol. The van der Waals surface area contributed by atoms with Crippen LogP contribution in [0.25, 0.3) is 10.9 Å². The highest BCUT2D eigenvalue weighted by atomic mass is 35.5. The minimum atomic E-state index is -0.319. The monoisotopic (exact) mass is 322 g/mol. The van der Waals surface area contributed by atoms with Crippen LogP contribution in [0.2, 0.25) is 10.0 Å². The number of aromatic nitrogens is 1. The van der Waals surface area contributed by atoms with E-state index in [1.165, 1.54) is 6.07 Å². The van der Waals surface area contributed by atoms with Crippen LogP contribution in [0.5, 0.6) is 0 Å². The molecule has 2 nitrogen and oxygen atoms in total. The first kappa shape index (κ1) is 14.4. The maximum atomic E-state index is 14.0. The van der Waals surface area contributed by atoms with Crippen molar-refractivity contribution in [3.05, 3.63) is 69.6 Å². The third-order valence-electron chi connectivity index (χ3n) is 3.50. The molecule has 0 fully saturated rings. The quantitative estimate of drug-likeness (QED) is 0.751. The summed E-state index contributed by atoms with van der Waals surface area (Å²) in [5.41, 5.74) is 8.29. The molecule has 0 spiro atoms. The van der Waals surface area contributed by atoms with Gasteiger partial charge in [0.15, 0.2) is 0 Å². The summed E-state index contributed by atoms with van der Waals surface area (Å²) in [6, 6.07) is 10.3. The van der Waals surface area contributed by atoms with E-state index in [-0.39, 0.29) is 5.82 Å². The van der Waals surface area contributed by atoms with Gasteiger partial charge in [0.25, 0.3) is 0 Å². The molecule has 0 aliphatic heterocycles. The Kier molecular flexibility index (Phi) is 3.89. The molecule has 0 radical (unpaired) electrons. The Morgan fingerprint density at radius 2 is 1.71 bits per heavy atom. The van der Waals surface area contributed by atoms with Crippen molar-refractivity contribution in [3.63, 3.8) is 0 Å². The van der Waals surface area contributed by atoms with E-state index in [1.54, 1.807) is 12.1 Å². The van der Waals surface area contributed by atoms with E-state index in [0.29, 0.717) is 28.7 Å². The van der Waals surface area contributed by atoms with Gasteiger partial charge in [-0.3, -0.25) is 0 Å². The molecule has 1 heterocycles. The molecule has 0 saturated carbocycles. The number of hydrogen-bond acceptors (Lipinski definition) is 1. The van der Waals surface area contributed by atoms with Crippen molar-refractivity contribution >= 4 is 34.1 Å². The number of nitrogens with zero attached hydrogens (tertiary/aromatic N) is 1. The van der Waals surface area contributed by atoms with Crippen molar-refractivity contribution in [2.24, 2.45) is 5.73 Å². The lowest BCUT2D eigenvalue weighted by Gasteiger charge is -2.07. The van der Waals surface area contributed by atoms with Gasteiger partial charge in [-0.25, -0.2) is 4.39 Å². The Hall–Kier alpha value is -1.55. The lowest BCUT2D eigenvalue weighted by Crippen LogP contribution is -2.01. The van der Waals surface area contributed by atoms with Crippen molar-refractivity contribution in [1.82, 2.24) is 4.57 Å². The van der Waals surface area contributed by atoms with E-state index in [9.17, 15) is 4.39 Å². The van der Waals surface area contributed by atoms with Gasteiger partial charge in [-0.1, -0.05) is 35.3 Å². The fourth-order valence-corrected chi connectivity index (χ4v) is 2.79. The van der Waals surface area contributed by atoms with Gasteiger partial charge < -0.3 is 10.3 Å². The van der Waals surface area contributed by atoms with Crippen LogP contribution in [0, 0.1) is 5.82 Å². The summed E-state index contributed by atoms with van der Waals surface area (Å²) in [5.74, 6) is -0.319. The van der Waals surface area contributed by atoms with Crippen molar-refractivity contribution < 1.29 is 4.39 Å². The minimum absolute atomic E-state index is 0.319. The van der Waals surface area contributed by atoms with Crippen LogP contribution in [-0.4, -0.2) is 4.57 Å². The number of halogens is 3. The second-order valence-corrected chi connectivity index (χ2v) is 5.76. The predicted molar refractivity (Wildman–Crippen MR) is 85.4 cm³/mol. The molecule has 0 unspecified atom stereocenters. The summed E-state index contributed by atoms with van der Waals surface area (Å²) in [6.45, 7) is 0.827. The van der Waals surface area contributed by atoms with Crippen LogP contribution in [0.3, 0.4) is 0 Å². The van der Waals surface area contributed by atoms with E-state index in [1.807, 2.05) is 29.0 Å². The van der Waals surface area contributed by atoms with Crippen LogP contribution in [0.1, 0.15) is 11.1 Å². The Balaban J connectivity index is 2.09. The van der Waals surface area contributed by atoms with E-state index < -0.39 is 0 Å². The van der Waals surface area contributed by atoms with Gasteiger partial charge in [-0.15, -0.1) is 0 Å². The number of fused-ring (bicyclic) bond motifs is 1. The molecule has 0 aliphatic carbocycles. The van der Waals surface area contributed by atoms with Crippen molar-refractivity contribution in [2.75, 3.05) is 0 Å². The zero-order valence-electron chi connectivity index (χ0n) is 11.1. The molecular weight excluding hydrogens is 310 g/mol.